The van der Waals surface area contributed by atoms with Crippen molar-refractivity contribution < 1.29 is 4.79 Å². The summed E-state index contributed by atoms with van der Waals surface area (Å²) in [5.41, 5.74) is 5.16. The van der Waals surface area contributed by atoms with Gasteiger partial charge in [-0.3, -0.25) is 0 Å². The van der Waals surface area contributed by atoms with Gasteiger partial charge in [0.1, 0.15) is 5.94 Å². The highest BCUT2D eigenvalue weighted by atomic mass is 16.1. The molecule has 0 N–H and O–H groups in total. The summed E-state index contributed by atoms with van der Waals surface area (Å²) in [6, 6.07) is 16.1. The van der Waals surface area contributed by atoms with Crippen LogP contribution in [0.25, 0.3) is 5.57 Å². The second-order valence-corrected chi connectivity index (χ2v) is 3.97. The molecule has 1 nitrogen and oxygen atoms in total. The molecule has 0 unspecified atom stereocenters. The van der Waals surface area contributed by atoms with Gasteiger partial charge in [0.15, 0.2) is 0 Å². The Bertz CT molecular complexity index is 557. The van der Waals surface area contributed by atoms with E-state index in [1.165, 1.54) is 11.1 Å². The first-order valence-corrected chi connectivity index (χ1v) is 5.32. The van der Waals surface area contributed by atoms with Crippen LogP contribution in [0.15, 0.2) is 48.5 Å². The molecule has 1 heteroatoms. The summed E-state index contributed by atoms with van der Waals surface area (Å²) in [6.45, 7) is 0. The van der Waals surface area contributed by atoms with E-state index in [4.69, 9.17) is 0 Å². The van der Waals surface area contributed by atoms with Crippen LogP contribution in [0.4, 0.5) is 0 Å². The number of hydrogen-bond acceptors (Lipinski definition) is 1. The van der Waals surface area contributed by atoms with Crippen LogP contribution in [0.5, 0.6) is 0 Å². The van der Waals surface area contributed by atoms with Crippen LogP contribution >= 0.6 is 0 Å². The first kappa shape index (κ1) is 9.14. The van der Waals surface area contributed by atoms with Crippen molar-refractivity contribution in [1.82, 2.24) is 0 Å². The highest BCUT2D eigenvalue weighted by Crippen LogP contribution is 2.33. The van der Waals surface area contributed by atoms with Crippen LogP contribution < -0.4 is 0 Å². The van der Waals surface area contributed by atoms with E-state index in [9.17, 15) is 4.79 Å². The van der Waals surface area contributed by atoms with E-state index in [1.54, 1.807) is 0 Å². The van der Waals surface area contributed by atoms with E-state index >= 15 is 0 Å². The fourth-order valence-corrected chi connectivity index (χ4v) is 2.30. The number of rotatable bonds is 0. The molecule has 0 spiro atoms. The maximum atomic E-state index is 11.1. The predicted octanol–water partition coefficient (Wildman–Crippen LogP) is 2.85. The molecule has 1 aliphatic rings. The highest BCUT2D eigenvalue weighted by Gasteiger charge is 2.19. The molecule has 0 saturated heterocycles. The molecule has 0 aliphatic heterocycles. The maximum Gasteiger partial charge on any atom is 0.133 e. The molecular formula is C15H10O. The summed E-state index contributed by atoms with van der Waals surface area (Å²) in [7, 11) is 0. The van der Waals surface area contributed by atoms with Crippen molar-refractivity contribution in [3.05, 3.63) is 70.8 Å². The minimum absolute atomic E-state index is 0.692. The third-order valence-corrected chi connectivity index (χ3v) is 3.06. The number of benzene rings is 2. The summed E-state index contributed by atoms with van der Waals surface area (Å²) >= 11 is 0. The molecule has 2 aromatic carbocycles. The third-order valence-electron chi connectivity index (χ3n) is 3.06. The van der Waals surface area contributed by atoms with Gasteiger partial charge in [-0.2, -0.15) is 0 Å². The standard InChI is InChI=1S/C15H10O/c16-10-15-13-7-3-1-5-11(13)9-12-6-2-4-8-14(12)15/h1-8H,9H2. The Morgan fingerprint density at radius 3 is 1.81 bits per heavy atom. The fourth-order valence-electron chi connectivity index (χ4n) is 2.30. The maximum absolute atomic E-state index is 11.1. The molecule has 0 fully saturated rings. The lowest BCUT2D eigenvalue weighted by Crippen LogP contribution is -2.06. The zero-order valence-electron chi connectivity index (χ0n) is 8.73. The van der Waals surface area contributed by atoms with E-state index in [0.717, 1.165) is 17.5 Å². The second kappa shape index (κ2) is 3.48. The summed E-state index contributed by atoms with van der Waals surface area (Å²) in [4.78, 5) is 11.1. The Morgan fingerprint density at radius 1 is 0.812 bits per heavy atom. The Balaban J connectivity index is 2.32. The average Bonchev–Trinajstić information content (AvgIpc) is 2.36. The summed E-state index contributed by atoms with van der Waals surface area (Å²) in [6.07, 6.45) is 0.900. The van der Waals surface area contributed by atoms with Crippen molar-refractivity contribution >= 4 is 11.5 Å². The molecule has 1 aliphatic carbocycles. The molecule has 0 saturated carbocycles. The van der Waals surface area contributed by atoms with Gasteiger partial charge in [-0.25, -0.2) is 4.79 Å². The Morgan fingerprint density at radius 2 is 1.31 bits per heavy atom. The van der Waals surface area contributed by atoms with Crippen LogP contribution in [0.2, 0.25) is 0 Å². The first-order valence-electron chi connectivity index (χ1n) is 5.32. The molecule has 0 heterocycles. The van der Waals surface area contributed by atoms with Crippen LogP contribution in [0.3, 0.4) is 0 Å². The molecule has 76 valence electrons. The van der Waals surface area contributed by atoms with E-state index in [2.05, 4.69) is 18.1 Å². The Labute approximate surface area is 94.0 Å². The van der Waals surface area contributed by atoms with Crippen molar-refractivity contribution in [2.45, 2.75) is 6.42 Å². The number of fused-ring (bicyclic) bond motifs is 2. The van der Waals surface area contributed by atoms with Crippen LogP contribution in [0, 0.1) is 0 Å². The van der Waals surface area contributed by atoms with Crippen molar-refractivity contribution in [2.75, 3.05) is 0 Å². The minimum Gasteiger partial charge on any atom is -0.233 e. The fraction of sp³-hybridized carbons (Fsp3) is 0.0667. The molecule has 3 rings (SSSR count). The molecule has 0 amide bonds. The number of carbonyl (C=O) groups excluding carboxylic acids is 1. The van der Waals surface area contributed by atoms with Crippen molar-refractivity contribution in [3.63, 3.8) is 0 Å². The molecule has 0 bridgehead atoms. The van der Waals surface area contributed by atoms with Gasteiger partial charge in [0, 0.05) is 0 Å². The van der Waals surface area contributed by atoms with E-state index in [0.29, 0.717) is 5.57 Å². The summed E-state index contributed by atoms with van der Waals surface area (Å²) in [5, 5.41) is 0. The quantitative estimate of drug-likeness (QED) is 0.517. The highest BCUT2D eigenvalue weighted by molar-refractivity contribution is 6.00. The predicted molar refractivity (Wildman–Crippen MR) is 63.9 cm³/mol. The zero-order chi connectivity index (χ0) is 11.0. The van der Waals surface area contributed by atoms with Gasteiger partial charge in [-0.1, -0.05) is 48.5 Å². The first-order chi connectivity index (χ1) is 7.90. The van der Waals surface area contributed by atoms with Gasteiger partial charge in [0.25, 0.3) is 0 Å². The van der Waals surface area contributed by atoms with Crippen LogP contribution in [-0.2, 0) is 11.2 Å². The summed E-state index contributed by atoms with van der Waals surface area (Å²) < 4.78 is 0. The smallest absolute Gasteiger partial charge is 0.133 e. The lowest BCUT2D eigenvalue weighted by atomic mass is 9.83. The lowest BCUT2D eigenvalue weighted by molar-refractivity contribution is 0.569. The molecule has 2 aromatic rings. The van der Waals surface area contributed by atoms with Crippen LogP contribution in [0.1, 0.15) is 22.3 Å². The van der Waals surface area contributed by atoms with E-state index in [-0.39, 0.29) is 0 Å². The van der Waals surface area contributed by atoms with Gasteiger partial charge in [-0.15, -0.1) is 0 Å². The van der Waals surface area contributed by atoms with Gasteiger partial charge in [0.05, 0.1) is 5.57 Å². The average molecular weight is 206 g/mol. The molecular weight excluding hydrogens is 196 g/mol. The monoisotopic (exact) mass is 206 g/mol. The Kier molecular flexibility index (Phi) is 1.99. The van der Waals surface area contributed by atoms with Crippen molar-refractivity contribution in [3.8, 4) is 0 Å². The van der Waals surface area contributed by atoms with Crippen molar-refractivity contribution in [1.29, 1.82) is 0 Å². The normalized spacial score (nSPS) is 12.6. The third kappa shape index (κ3) is 1.23. The van der Waals surface area contributed by atoms with Gasteiger partial charge in [0.2, 0.25) is 0 Å². The van der Waals surface area contributed by atoms with E-state index in [1.807, 2.05) is 36.4 Å². The largest absolute Gasteiger partial charge is 0.233 e. The van der Waals surface area contributed by atoms with Crippen molar-refractivity contribution in [2.24, 2.45) is 0 Å². The van der Waals surface area contributed by atoms with Gasteiger partial charge >= 0.3 is 0 Å². The molecule has 0 aromatic heterocycles. The SMILES string of the molecule is O=C=C1c2ccccc2Cc2ccccc21. The lowest BCUT2D eigenvalue weighted by Gasteiger charge is -2.19. The zero-order valence-corrected chi connectivity index (χ0v) is 8.73. The summed E-state index contributed by atoms with van der Waals surface area (Å²) in [5.74, 6) is 2.08. The topological polar surface area (TPSA) is 17.1 Å². The molecule has 0 radical (unpaired) electrons. The minimum atomic E-state index is 0.692. The molecule has 0 atom stereocenters. The van der Waals surface area contributed by atoms with Gasteiger partial charge < -0.3 is 0 Å². The molecule has 16 heavy (non-hydrogen) atoms. The van der Waals surface area contributed by atoms with E-state index < -0.39 is 0 Å². The van der Waals surface area contributed by atoms with Crippen LogP contribution in [-0.4, -0.2) is 5.94 Å². The van der Waals surface area contributed by atoms with Gasteiger partial charge in [-0.05, 0) is 28.7 Å². The Hall–Kier alpha value is -2.11. The second-order valence-electron chi connectivity index (χ2n) is 3.97. The number of hydrogen-bond donors (Lipinski definition) is 0.